The SMILES string of the molecule is C[C@@]12CC[C@H]3[C@@H](CC[C@@]4(C)C(=O)CC[C@]34C)[C@]1(C)CCC(=O)C2. The van der Waals surface area contributed by atoms with Crippen LogP contribution in [-0.4, -0.2) is 11.6 Å². The summed E-state index contributed by atoms with van der Waals surface area (Å²) in [5.74, 6) is 2.39. The lowest BCUT2D eigenvalue weighted by Crippen LogP contribution is -2.60. The van der Waals surface area contributed by atoms with Crippen LogP contribution in [0.4, 0.5) is 0 Å². The Kier molecular flexibility index (Phi) is 3.09. The number of carbonyl (C=O) groups is 2. The van der Waals surface area contributed by atoms with E-state index in [9.17, 15) is 9.59 Å². The molecule has 0 aromatic rings. The second kappa shape index (κ2) is 4.49. The van der Waals surface area contributed by atoms with E-state index in [1.807, 2.05) is 0 Å². The molecule has 0 N–H and O–H groups in total. The fourth-order valence-corrected chi connectivity index (χ4v) is 7.54. The van der Waals surface area contributed by atoms with Crippen molar-refractivity contribution in [1.82, 2.24) is 0 Å². The third-order valence-corrected chi connectivity index (χ3v) is 9.72. The zero-order valence-electron chi connectivity index (χ0n) is 15.3. The molecule has 0 heterocycles. The maximum atomic E-state index is 12.6. The number of hydrogen-bond acceptors (Lipinski definition) is 2. The molecule has 0 saturated heterocycles. The van der Waals surface area contributed by atoms with Gasteiger partial charge in [-0.25, -0.2) is 0 Å². The highest BCUT2D eigenvalue weighted by Gasteiger charge is 2.67. The molecule has 2 nitrogen and oxygen atoms in total. The number of carbonyl (C=O) groups excluding carboxylic acids is 2. The standard InChI is InChI=1S/C21H32O2/c1-18-9-6-16-15(19(18,2)10-5-14(22)13-18)7-11-21(4)17(23)8-12-20(16,21)3/h15-16H,5-13H2,1-4H3/t15-,16+,18+,19+,20-,21+/m1/s1. The van der Waals surface area contributed by atoms with Gasteiger partial charge in [0.2, 0.25) is 0 Å². The number of ketones is 2. The second-order valence-electron chi connectivity index (χ2n) is 10.2. The Morgan fingerprint density at radius 2 is 1.39 bits per heavy atom. The smallest absolute Gasteiger partial charge is 0.139 e. The average molecular weight is 316 g/mol. The fraction of sp³-hybridized carbons (Fsp3) is 0.905. The van der Waals surface area contributed by atoms with E-state index in [-0.39, 0.29) is 16.2 Å². The van der Waals surface area contributed by atoms with Crippen LogP contribution < -0.4 is 0 Å². The first-order valence-corrected chi connectivity index (χ1v) is 9.71. The van der Waals surface area contributed by atoms with Crippen LogP contribution in [0.1, 0.15) is 85.5 Å². The zero-order valence-corrected chi connectivity index (χ0v) is 15.3. The highest BCUT2D eigenvalue weighted by Crippen LogP contribution is 2.72. The Bertz CT molecular complexity index is 580. The van der Waals surface area contributed by atoms with Gasteiger partial charge in [-0.3, -0.25) is 9.59 Å². The summed E-state index contributed by atoms with van der Waals surface area (Å²) in [6.45, 7) is 9.56. The molecule has 23 heavy (non-hydrogen) atoms. The van der Waals surface area contributed by atoms with E-state index >= 15 is 0 Å². The van der Waals surface area contributed by atoms with Crippen molar-refractivity contribution in [3.63, 3.8) is 0 Å². The van der Waals surface area contributed by atoms with Gasteiger partial charge in [0, 0.05) is 24.7 Å². The maximum absolute atomic E-state index is 12.6. The molecule has 0 aromatic heterocycles. The van der Waals surface area contributed by atoms with Gasteiger partial charge in [0.25, 0.3) is 0 Å². The van der Waals surface area contributed by atoms with Gasteiger partial charge in [0.1, 0.15) is 11.6 Å². The highest BCUT2D eigenvalue weighted by atomic mass is 16.1. The van der Waals surface area contributed by atoms with Crippen molar-refractivity contribution >= 4 is 11.6 Å². The summed E-state index contributed by atoms with van der Waals surface area (Å²) in [5, 5.41) is 0. The van der Waals surface area contributed by atoms with Crippen molar-refractivity contribution in [3.05, 3.63) is 0 Å². The minimum atomic E-state index is -0.0806. The van der Waals surface area contributed by atoms with Gasteiger partial charge < -0.3 is 0 Å². The molecule has 2 heteroatoms. The molecule has 0 amide bonds. The Balaban J connectivity index is 1.75. The van der Waals surface area contributed by atoms with Crippen molar-refractivity contribution < 1.29 is 9.59 Å². The van der Waals surface area contributed by atoms with Gasteiger partial charge in [-0.15, -0.1) is 0 Å². The topological polar surface area (TPSA) is 34.1 Å². The molecule has 0 spiro atoms. The minimum absolute atomic E-state index is 0.0806. The summed E-state index contributed by atoms with van der Waals surface area (Å²) >= 11 is 0. The van der Waals surface area contributed by atoms with Crippen molar-refractivity contribution in [1.29, 1.82) is 0 Å². The highest BCUT2D eigenvalue weighted by molar-refractivity contribution is 5.88. The lowest BCUT2D eigenvalue weighted by molar-refractivity contribution is -0.182. The van der Waals surface area contributed by atoms with E-state index in [0.29, 0.717) is 28.8 Å². The van der Waals surface area contributed by atoms with Crippen LogP contribution in [0.2, 0.25) is 0 Å². The summed E-state index contributed by atoms with van der Waals surface area (Å²) in [7, 11) is 0. The van der Waals surface area contributed by atoms with Crippen molar-refractivity contribution in [3.8, 4) is 0 Å². The molecule has 4 rings (SSSR count). The van der Waals surface area contributed by atoms with E-state index in [2.05, 4.69) is 27.7 Å². The summed E-state index contributed by atoms with van der Waals surface area (Å²) in [6.07, 6.45) is 9.20. The first-order chi connectivity index (χ1) is 10.7. The number of fused-ring (bicyclic) bond motifs is 5. The van der Waals surface area contributed by atoms with Crippen LogP contribution >= 0.6 is 0 Å². The lowest BCUT2D eigenvalue weighted by Gasteiger charge is -2.66. The Morgan fingerprint density at radius 1 is 0.783 bits per heavy atom. The molecule has 4 saturated carbocycles. The predicted molar refractivity (Wildman–Crippen MR) is 91.0 cm³/mol. The molecule has 4 aliphatic rings. The average Bonchev–Trinajstić information content (AvgIpc) is 2.73. The van der Waals surface area contributed by atoms with E-state index < -0.39 is 0 Å². The third kappa shape index (κ3) is 1.71. The summed E-state index contributed by atoms with van der Waals surface area (Å²) < 4.78 is 0. The second-order valence-corrected chi connectivity index (χ2v) is 10.2. The largest absolute Gasteiger partial charge is 0.300 e. The van der Waals surface area contributed by atoms with Crippen LogP contribution in [0, 0.1) is 33.5 Å². The van der Waals surface area contributed by atoms with Gasteiger partial charge in [-0.1, -0.05) is 27.7 Å². The fourth-order valence-electron chi connectivity index (χ4n) is 7.54. The minimum Gasteiger partial charge on any atom is -0.300 e. The molecular weight excluding hydrogens is 284 g/mol. The van der Waals surface area contributed by atoms with E-state index in [0.717, 1.165) is 38.5 Å². The first kappa shape index (κ1) is 15.8. The van der Waals surface area contributed by atoms with Crippen LogP contribution in [0.25, 0.3) is 0 Å². The third-order valence-electron chi connectivity index (χ3n) is 9.72. The van der Waals surface area contributed by atoms with Crippen molar-refractivity contribution in [2.45, 2.75) is 85.5 Å². The van der Waals surface area contributed by atoms with Crippen molar-refractivity contribution in [2.24, 2.45) is 33.5 Å². The normalized spacial score (nSPS) is 56.0. The van der Waals surface area contributed by atoms with Gasteiger partial charge in [-0.2, -0.15) is 0 Å². The summed E-state index contributed by atoms with van der Waals surface area (Å²) in [6, 6.07) is 0. The van der Waals surface area contributed by atoms with Gasteiger partial charge >= 0.3 is 0 Å². The zero-order chi connectivity index (χ0) is 16.7. The Labute approximate surface area is 140 Å². The van der Waals surface area contributed by atoms with Crippen LogP contribution in [-0.2, 0) is 9.59 Å². The molecule has 6 atom stereocenters. The quantitative estimate of drug-likeness (QED) is 0.634. The van der Waals surface area contributed by atoms with E-state index in [1.165, 1.54) is 19.3 Å². The van der Waals surface area contributed by atoms with Crippen molar-refractivity contribution in [2.75, 3.05) is 0 Å². The molecule has 0 unspecified atom stereocenters. The van der Waals surface area contributed by atoms with Gasteiger partial charge in [0.15, 0.2) is 0 Å². The van der Waals surface area contributed by atoms with Crippen LogP contribution in [0.15, 0.2) is 0 Å². The molecule has 0 bridgehead atoms. The van der Waals surface area contributed by atoms with E-state index in [4.69, 9.17) is 0 Å². The molecule has 0 aliphatic heterocycles. The Hall–Kier alpha value is -0.660. The van der Waals surface area contributed by atoms with Crippen LogP contribution in [0.3, 0.4) is 0 Å². The number of hydrogen-bond donors (Lipinski definition) is 0. The maximum Gasteiger partial charge on any atom is 0.139 e. The summed E-state index contributed by atoms with van der Waals surface area (Å²) in [5.41, 5.74) is 0.595. The molecule has 4 fully saturated rings. The molecule has 0 radical (unpaired) electrons. The summed E-state index contributed by atoms with van der Waals surface area (Å²) in [4.78, 5) is 24.8. The van der Waals surface area contributed by atoms with Gasteiger partial charge in [0.05, 0.1) is 0 Å². The molecule has 128 valence electrons. The predicted octanol–water partition coefficient (Wildman–Crippen LogP) is 4.95. The number of rotatable bonds is 0. The lowest BCUT2D eigenvalue weighted by atomic mass is 9.38. The first-order valence-electron chi connectivity index (χ1n) is 9.71. The molecule has 4 aliphatic carbocycles. The molecular formula is C21H32O2. The van der Waals surface area contributed by atoms with E-state index in [1.54, 1.807) is 0 Å². The monoisotopic (exact) mass is 316 g/mol. The Morgan fingerprint density at radius 3 is 2.13 bits per heavy atom. The van der Waals surface area contributed by atoms with Crippen LogP contribution in [0.5, 0.6) is 0 Å². The number of Topliss-reactive ketones (excluding diaryl/α,β-unsaturated/α-hetero) is 2. The van der Waals surface area contributed by atoms with Gasteiger partial charge in [-0.05, 0) is 66.6 Å². The molecule has 0 aromatic carbocycles.